The molecule has 1 atom stereocenters. The number of nitrogens with zero attached hydrogens (tertiary/aromatic N) is 3. The van der Waals surface area contributed by atoms with E-state index in [9.17, 15) is 9.00 Å². The zero-order chi connectivity index (χ0) is 15.5. The first-order valence-corrected chi connectivity index (χ1v) is 8.57. The van der Waals surface area contributed by atoms with Gasteiger partial charge in [-0.1, -0.05) is 0 Å². The van der Waals surface area contributed by atoms with Gasteiger partial charge in [-0.2, -0.15) is 0 Å². The number of pyridine rings is 1. The van der Waals surface area contributed by atoms with Crippen LogP contribution < -0.4 is 4.72 Å². The van der Waals surface area contributed by atoms with Crippen LogP contribution in [0.15, 0.2) is 18.3 Å². The van der Waals surface area contributed by atoms with Crippen LogP contribution >= 0.6 is 0 Å². The van der Waals surface area contributed by atoms with E-state index in [-0.39, 0.29) is 5.91 Å². The quantitative estimate of drug-likeness (QED) is 0.783. The molecule has 3 rings (SSSR count). The van der Waals surface area contributed by atoms with Crippen molar-refractivity contribution in [2.24, 2.45) is 5.92 Å². The third kappa shape index (κ3) is 4.02. The van der Waals surface area contributed by atoms with Crippen molar-refractivity contribution in [2.45, 2.75) is 12.8 Å². The summed E-state index contributed by atoms with van der Waals surface area (Å²) in [4.78, 5) is 20.7. The summed E-state index contributed by atoms with van der Waals surface area (Å²) >= 11 is -2.13. The number of piperazine rings is 1. The lowest BCUT2D eigenvalue weighted by Crippen LogP contribution is -2.49. The van der Waals surface area contributed by atoms with Crippen molar-refractivity contribution in [3.05, 3.63) is 24.0 Å². The van der Waals surface area contributed by atoms with Crippen LogP contribution in [0, 0.1) is 5.92 Å². The Morgan fingerprint density at radius 1 is 1.32 bits per heavy atom. The van der Waals surface area contributed by atoms with E-state index in [1.165, 1.54) is 25.6 Å². The fourth-order valence-electron chi connectivity index (χ4n) is 2.64. The Hall–Kier alpha value is -1.51. The van der Waals surface area contributed by atoms with Crippen LogP contribution in [0.5, 0.6) is 0 Å². The number of rotatable bonds is 5. The third-order valence-corrected chi connectivity index (χ3v) is 4.47. The molecule has 0 radical (unpaired) electrons. The average Bonchev–Trinajstić information content (AvgIpc) is 3.31. The Labute approximate surface area is 132 Å². The highest BCUT2D eigenvalue weighted by Crippen LogP contribution is 2.29. The van der Waals surface area contributed by atoms with Gasteiger partial charge in [0, 0.05) is 32.7 Å². The van der Waals surface area contributed by atoms with Crippen molar-refractivity contribution in [3.8, 4) is 0 Å². The second-order valence-electron chi connectivity index (χ2n) is 5.82. The molecular formula is C14H20N4O3S. The maximum Gasteiger partial charge on any atom is 0.272 e. The molecule has 22 heavy (non-hydrogen) atoms. The second-order valence-corrected chi connectivity index (χ2v) is 6.52. The molecule has 2 heterocycles. The van der Waals surface area contributed by atoms with Crippen LogP contribution in [0.2, 0.25) is 0 Å². The Morgan fingerprint density at radius 3 is 2.59 bits per heavy atom. The lowest BCUT2D eigenvalue weighted by atomic mass is 10.2. The summed E-state index contributed by atoms with van der Waals surface area (Å²) in [6, 6.07) is 3.16. The molecule has 1 saturated carbocycles. The van der Waals surface area contributed by atoms with Crippen LogP contribution in [0.25, 0.3) is 0 Å². The molecule has 1 unspecified atom stereocenters. The van der Waals surface area contributed by atoms with E-state index >= 15 is 0 Å². The molecule has 1 aromatic rings. The smallest absolute Gasteiger partial charge is 0.272 e. The molecular weight excluding hydrogens is 304 g/mol. The molecule has 1 amide bonds. The fraction of sp³-hybridized carbons (Fsp3) is 0.571. The average molecular weight is 324 g/mol. The van der Waals surface area contributed by atoms with Crippen LogP contribution in [0.3, 0.4) is 0 Å². The Bertz CT molecular complexity index is 554. The highest BCUT2D eigenvalue weighted by atomic mass is 32.2. The minimum absolute atomic E-state index is 0.0808. The summed E-state index contributed by atoms with van der Waals surface area (Å²) in [5, 5.41) is 0. The standard InChI is InChI=1S/C14H20N4O3S/c19-14(13-4-3-12(9-15-13)16-22(20)21)18-7-5-17(6-8-18)10-11-1-2-11/h3-4,9,11,16H,1-2,5-8,10H2,(H,20,21). The van der Waals surface area contributed by atoms with Crippen molar-refractivity contribution >= 4 is 22.9 Å². The predicted octanol–water partition coefficient (Wildman–Crippen LogP) is 0.798. The zero-order valence-corrected chi connectivity index (χ0v) is 13.1. The van der Waals surface area contributed by atoms with Gasteiger partial charge in [0.1, 0.15) is 5.69 Å². The molecule has 0 bridgehead atoms. The minimum atomic E-state index is -2.13. The van der Waals surface area contributed by atoms with E-state index in [0.717, 1.165) is 32.1 Å². The summed E-state index contributed by atoms with van der Waals surface area (Å²) in [5.74, 6) is 0.795. The first-order valence-electron chi connectivity index (χ1n) is 7.47. The lowest BCUT2D eigenvalue weighted by molar-refractivity contribution is 0.0626. The van der Waals surface area contributed by atoms with Crippen molar-refractivity contribution in [1.29, 1.82) is 0 Å². The molecule has 2 fully saturated rings. The molecule has 120 valence electrons. The molecule has 1 aliphatic heterocycles. The largest absolute Gasteiger partial charge is 0.335 e. The fourth-order valence-corrected chi connectivity index (χ4v) is 2.97. The summed E-state index contributed by atoms with van der Waals surface area (Å²) in [7, 11) is 0. The van der Waals surface area contributed by atoms with Gasteiger partial charge in [0.15, 0.2) is 0 Å². The Kier molecular flexibility index (Phi) is 4.70. The highest BCUT2D eigenvalue weighted by molar-refractivity contribution is 7.80. The summed E-state index contributed by atoms with van der Waals surface area (Å²) < 4.78 is 21.7. The number of nitrogens with one attached hydrogen (secondary N) is 1. The van der Waals surface area contributed by atoms with Gasteiger partial charge in [-0.25, -0.2) is 9.19 Å². The van der Waals surface area contributed by atoms with E-state index in [4.69, 9.17) is 4.55 Å². The first kappa shape index (κ1) is 15.4. The molecule has 2 aliphatic rings. The summed E-state index contributed by atoms with van der Waals surface area (Å²) in [5.41, 5.74) is 0.775. The molecule has 7 nitrogen and oxygen atoms in total. The highest BCUT2D eigenvalue weighted by Gasteiger charge is 2.28. The van der Waals surface area contributed by atoms with Crippen LogP contribution in [0.1, 0.15) is 23.3 Å². The maximum atomic E-state index is 12.4. The second kappa shape index (κ2) is 6.72. The molecule has 1 saturated heterocycles. The Morgan fingerprint density at radius 2 is 2.05 bits per heavy atom. The molecule has 1 aliphatic carbocycles. The van der Waals surface area contributed by atoms with Gasteiger partial charge in [-0.05, 0) is 30.9 Å². The van der Waals surface area contributed by atoms with Crippen molar-refractivity contribution in [1.82, 2.24) is 14.8 Å². The van der Waals surface area contributed by atoms with Gasteiger partial charge in [0.05, 0.1) is 11.9 Å². The van der Waals surface area contributed by atoms with Crippen LogP contribution in [-0.4, -0.2) is 62.2 Å². The molecule has 2 N–H and O–H groups in total. The van der Waals surface area contributed by atoms with E-state index in [2.05, 4.69) is 14.6 Å². The zero-order valence-electron chi connectivity index (χ0n) is 12.3. The summed E-state index contributed by atoms with van der Waals surface area (Å²) in [6.45, 7) is 4.47. The van der Waals surface area contributed by atoms with Gasteiger partial charge < -0.3 is 4.90 Å². The Balaban J connectivity index is 1.53. The van der Waals surface area contributed by atoms with E-state index in [0.29, 0.717) is 11.4 Å². The topological polar surface area (TPSA) is 85.8 Å². The van der Waals surface area contributed by atoms with Gasteiger partial charge in [0.25, 0.3) is 17.2 Å². The predicted molar refractivity (Wildman–Crippen MR) is 83.7 cm³/mol. The number of hydrogen-bond acceptors (Lipinski definition) is 4. The van der Waals surface area contributed by atoms with Crippen LogP contribution in [0.4, 0.5) is 5.69 Å². The summed E-state index contributed by atoms with van der Waals surface area (Å²) in [6.07, 6.45) is 4.09. The number of carbonyl (C=O) groups is 1. The number of amides is 1. The number of carbonyl (C=O) groups excluding carboxylic acids is 1. The maximum absolute atomic E-state index is 12.4. The molecule has 8 heteroatoms. The SMILES string of the molecule is O=C(c1ccc(NS(=O)O)cn1)N1CCN(CC2CC2)CC1. The first-order chi connectivity index (χ1) is 10.6. The van der Waals surface area contributed by atoms with E-state index < -0.39 is 11.3 Å². The van der Waals surface area contributed by atoms with Gasteiger partial charge in [0.2, 0.25) is 0 Å². The normalized spacial score (nSPS) is 20.7. The van der Waals surface area contributed by atoms with Gasteiger partial charge in [-0.3, -0.25) is 19.0 Å². The van der Waals surface area contributed by atoms with Gasteiger partial charge in [-0.15, -0.1) is 0 Å². The number of aromatic nitrogens is 1. The van der Waals surface area contributed by atoms with Crippen molar-refractivity contribution in [2.75, 3.05) is 37.4 Å². The minimum Gasteiger partial charge on any atom is -0.335 e. The van der Waals surface area contributed by atoms with Gasteiger partial charge >= 0.3 is 0 Å². The molecule has 0 spiro atoms. The van der Waals surface area contributed by atoms with E-state index in [1.807, 2.05) is 4.90 Å². The third-order valence-electron chi connectivity index (χ3n) is 4.06. The van der Waals surface area contributed by atoms with Crippen molar-refractivity contribution in [3.63, 3.8) is 0 Å². The van der Waals surface area contributed by atoms with Crippen LogP contribution in [-0.2, 0) is 11.3 Å². The number of anilines is 1. The van der Waals surface area contributed by atoms with Crippen molar-refractivity contribution < 1.29 is 13.6 Å². The van der Waals surface area contributed by atoms with E-state index in [1.54, 1.807) is 12.1 Å². The monoisotopic (exact) mass is 324 g/mol. The molecule has 1 aromatic heterocycles. The molecule has 0 aromatic carbocycles. The number of hydrogen-bond donors (Lipinski definition) is 2. The lowest BCUT2D eigenvalue weighted by Gasteiger charge is -2.34.